The maximum Gasteiger partial charge on any atom is 0.328 e. The van der Waals surface area contributed by atoms with E-state index >= 15 is 0 Å². The SMILES string of the molecule is CC(C)C1C(=O)N(C(CC2CCCCC2)C(=O)O)C(=O)N1Cc1ccccc1. The average molecular weight is 386 g/mol. The number of rotatable bonds is 7. The molecule has 1 saturated heterocycles. The Balaban J connectivity index is 1.85. The second-order valence-corrected chi connectivity index (χ2v) is 8.39. The minimum Gasteiger partial charge on any atom is -0.480 e. The number of amides is 3. The molecule has 0 radical (unpaired) electrons. The number of carbonyl (C=O) groups excluding carboxylic acids is 2. The van der Waals surface area contributed by atoms with Crippen LogP contribution in [0.3, 0.4) is 0 Å². The van der Waals surface area contributed by atoms with Crippen LogP contribution in [0.5, 0.6) is 0 Å². The summed E-state index contributed by atoms with van der Waals surface area (Å²) in [5.41, 5.74) is 0.926. The van der Waals surface area contributed by atoms with Gasteiger partial charge in [0.15, 0.2) is 0 Å². The molecule has 1 N–H and O–H groups in total. The number of hydrogen-bond donors (Lipinski definition) is 1. The molecule has 0 bridgehead atoms. The molecule has 2 unspecified atom stereocenters. The van der Waals surface area contributed by atoms with Crippen molar-refractivity contribution < 1.29 is 19.5 Å². The monoisotopic (exact) mass is 386 g/mol. The number of aliphatic carboxylic acids is 1. The number of nitrogens with zero attached hydrogens (tertiary/aromatic N) is 2. The van der Waals surface area contributed by atoms with Gasteiger partial charge in [0.1, 0.15) is 12.1 Å². The fraction of sp³-hybridized carbons (Fsp3) is 0.591. The lowest BCUT2D eigenvalue weighted by molar-refractivity contribution is -0.148. The van der Waals surface area contributed by atoms with E-state index in [0.29, 0.717) is 13.0 Å². The molecule has 1 aliphatic carbocycles. The van der Waals surface area contributed by atoms with Gasteiger partial charge in [0.25, 0.3) is 5.91 Å². The van der Waals surface area contributed by atoms with Crippen molar-refractivity contribution in [3.8, 4) is 0 Å². The van der Waals surface area contributed by atoms with Gasteiger partial charge < -0.3 is 10.0 Å². The molecular weight excluding hydrogens is 356 g/mol. The van der Waals surface area contributed by atoms with E-state index < -0.39 is 24.1 Å². The number of hydrogen-bond acceptors (Lipinski definition) is 3. The molecule has 3 amide bonds. The molecule has 1 heterocycles. The van der Waals surface area contributed by atoms with Crippen molar-refractivity contribution in [3.63, 3.8) is 0 Å². The van der Waals surface area contributed by atoms with Crippen LogP contribution in [0, 0.1) is 11.8 Å². The molecule has 2 aliphatic rings. The van der Waals surface area contributed by atoms with Gasteiger partial charge in [0.2, 0.25) is 0 Å². The number of imide groups is 1. The summed E-state index contributed by atoms with van der Waals surface area (Å²) in [5, 5.41) is 9.84. The van der Waals surface area contributed by atoms with E-state index in [1.165, 1.54) is 6.42 Å². The van der Waals surface area contributed by atoms with Gasteiger partial charge in [-0.3, -0.25) is 4.79 Å². The Labute approximate surface area is 166 Å². The van der Waals surface area contributed by atoms with E-state index in [-0.39, 0.29) is 17.7 Å². The van der Waals surface area contributed by atoms with E-state index in [2.05, 4.69) is 0 Å². The van der Waals surface area contributed by atoms with Gasteiger partial charge in [0.05, 0.1) is 0 Å². The van der Waals surface area contributed by atoms with Gasteiger partial charge in [-0.1, -0.05) is 76.3 Å². The first kappa shape index (κ1) is 20.4. The predicted molar refractivity (Wildman–Crippen MR) is 105 cm³/mol. The van der Waals surface area contributed by atoms with Crippen molar-refractivity contribution in [2.24, 2.45) is 11.8 Å². The lowest BCUT2D eigenvalue weighted by Crippen LogP contribution is -2.47. The summed E-state index contributed by atoms with van der Waals surface area (Å²) in [6.07, 6.45) is 5.66. The topological polar surface area (TPSA) is 77.9 Å². The normalized spacial score (nSPS) is 22.2. The molecule has 1 aliphatic heterocycles. The van der Waals surface area contributed by atoms with Crippen LogP contribution in [0.4, 0.5) is 4.79 Å². The molecule has 6 nitrogen and oxygen atoms in total. The lowest BCUT2D eigenvalue weighted by atomic mass is 9.84. The Kier molecular flexibility index (Phi) is 6.37. The van der Waals surface area contributed by atoms with Crippen molar-refractivity contribution in [3.05, 3.63) is 35.9 Å². The Morgan fingerprint density at radius 2 is 1.75 bits per heavy atom. The molecule has 1 aromatic rings. The maximum absolute atomic E-state index is 13.2. The van der Waals surface area contributed by atoms with Gasteiger partial charge in [0, 0.05) is 6.54 Å². The smallest absolute Gasteiger partial charge is 0.328 e. The summed E-state index contributed by atoms with van der Waals surface area (Å²) >= 11 is 0. The van der Waals surface area contributed by atoms with Gasteiger partial charge in [-0.15, -0.1) is 0 Å². The van der Waals surface area contributed by atoms with Crippen LogP contribution < -0.4 is 0 Å². The molecule has 152 valence electrons. The van der Waals surface area contributed by atoms with Crippen LogP contribution in [0.1, 0.15) is 57.9 Å². The van der Waals surface area contributed by atoms with Gasteiger partial charge in [-0.2, -0.15) is 0 Å². The molecular formula is C22H30N2O4. The summed E-state index contributed by atoms with van der Waals surface area (Å²) in [6, 6.07) is 7.33. The Morgan fingerprint density at radius 3 is 2.32 bits per heavy atom. The maximum atomic E-state index is 13.2. The second kappa shape index (κ2) is 8.76. The zero-order chi connectivity index (χ0) is 20.3. The third-order valence-electron chi connectivity index (χ3n) is 5.98. The van der Waals surface area contributed by atoms with Crippen LogP contribution in [0.2, 0.25) is 0 Å². The third kappa shape index (κ3) is 4.21. The summed E-state index contributed by atoms with van der Waals surface area (Å²) in [4.78, 5) is 40.9. The van der Waals surface area contributed by atoms with Crippen LogP contribution in [-0.2, 0) is 16.1 Å². The van der Waals surface area contributed by atoms with E-state index in [9.17, 15) is 19.5 Å². The average Bonchev–Trinajstić information content (AvgIpc) is 2.91. The van der Waals surface area contributed by atoms with Crippen LogP contribution in [0.25, 0.3) is 0 Å². The minimum absolute atomic E-state index is 0.0886. The second-order valence-electron chi connectivity index (χ2n) is 8.39. The van der Waals surface area contributed by atoms with Crippen LogP contribution in [-0.4, -0.2) is 44.9 Å². The van der Waals surface area contributed by atoms with Crippen molar-refractivity contribution in [1.82, 2.24) is 9.80 Å². The molecule has 0 spiro atoms. The first-order chi connectivity index (χ1) is 13.4. The molecule has 28 heavy (non-hydrogen) atoms. The molecule has 2 fully saturated rings. The number of urea groups is 1. The van der Waals surface area contributed by atoms with Crippen molar-refractivity contribution >= 4 is 17.9 Å². The van der Waals surface area contributed by atoms with E-state index in [1.807, 2.05) is 44.2 Å². The Bertz CT molecular complexity index is 713. The quantitative estimate of drug-likeness (QED) is 0.721. The molecule has 1 saturated carbocycles. The standard InChI is InChI=1S/C22H30N2O4/c1-15(2)19-20(25)24(18(21(26)27)13-16-9-5-3-6-10-16)22(28)23(19)14-17-11-7-4-8-12-17/h4,7-8,11-12,15-16,18-19H,3,5-6,9-10,13-14H2,1-2H3,(H,26,27). The van der Waals surface area contributed by atoms with Crippen LogP contribution in [0.15, 0.2) is 30.3 Å². The summed E-state index contributed by atoms with van der Waals surface area (Å²) in [7, 11) is 0. The van der Waals surface area contributed by atoms with Gasteiger partial charge in [-0.05, 0) is 23.8 Å². The summed E-state index contributed by atoms with van der Waals surface area (Å²) < 4.78 is 0. The zero-order valence-corrected chi connectivity index (χ0v) is 16.7. The number of carboxylic acid groups (broad SMARTS) is 1. The molecule has 1 aromatic carbocycles. The van der Waals surface area contributed by atoms with Crippen LogP contribution >= 0.6 is 0 Å². The fourth-order valence-electron chi connectivity index (χ4n) is 4.56. The lowest BCUT2D eigenvalue weighted by Gasteiger charge is -2.28. The number of carbonyl (C=O) groups is 3. The highest BCUT2D eigenvalue weighted by Crippen LogP contribution is 2.33. The Hall–Kier alpha value is -2.37. The molecule has 3 rings (SSSR count). The zero-order valence-electron chi connectivity index (χ0n) is 16.7. The number of benzene rings is 1. The minimum atomic E-state index is -1.09. The summed E-state index contributed by atoms with van der Waals surface area (Å²) in [5.74, 6) is -1.29. The summed E-state index contributed by atoms with van der Waals surface area (Å²) in [6.45, 7) is 4.10. The molecule has 6 heteroatoms. The van der Waals surface area contributed by atoms with Gasteiger partial charge in [-0.25, -0.2) is 14.5 Å². The third-order valence-corrected chi connectivity index (χ3v) is 5.98. The van der Waals surface area contributed by atoms with E-state index in [0.717, 1.165) is 36.1 Å². The van der Waals surface area contributed by atoms with Crippen molar-refractivity contribution in [2.75, 3.05) is 0 Å². The van der Waals surface area contributed by atoms with E-state index in [1.54, 1.807) is 4.90 Å². The highest BCUT2D eigenvalue weighted by atomic mass is 16.4. The first-order valence-corrected chi connectivity index (χ1v) is 10.3. The van der Waals surface area contributed by atoms with Crippen molar-refractivity contribution in [2.45, 2.75) is 71.0 Å². The predicted octanol–water partition coefficient (Wildman–Crippen LogP) is 3.90. The van der Waals surface area contributed by atoms with Gasteiger partial charge >= 0.3 is 12.0 Å². The first-order valence-electron chi connectivity index (χ1n) is 10.3. The molecule has 0 aromatic heterocycles. The van der Waals surface area contributed by atoms with Crippen molar-refractivity contribution in [1.29, 1.82) is 0 Å². The number of carboxylic acids is 1. The molecule has 2 atom stereocenters. The highest BCUT2D eigenvalue weighted by molar-refractivity contribution is 6.07. The van der Waals surface area contributed by atoms with E-state index in [4.69, 9.17) is 0 Å². The largest absolute Gasteiger partial charge is 0.480 e. The fourth-order valence-corrected chi connectivity index (χ4v) is 4.56. The Morgan fingerprint density at radius 1 is 1.11 bits per heavy atom. The highest BCUT2D eigenvalue weighted by Gasteiger charge is 2.51.